The fourth-order valence-corrected chi connectivity index (χ4v) is 4.25. The van der Waals surface area contributed by atoms with Crippen LogP contribution in [0, 0.1) is 17.8 Å². The number of nitrogens with zero attached hydrogens (tertiary/aromatic N) is 1. The quantitative estimate of drug-likeness (QED) is 0.501. The van der Waals surface area contributed by atoms with E-state index in [9.17, 15) is 4.79 Å². The summed E-state index contributed by atoms with van der Waals surface area (Å²) in [7, 11) is 0. The van der Waals surface area contributed by atoms with Gasteiger partial charge < -0.3 is 0 Å². The van der Waals surface area contributed by atoms with Crippen molar-refractivity contribution >= 4 is 17.8 Å². The van der Waals surface area contributed by atoms with Crippen LogP contribution >= 0.6 is 11.8 Å². The molecule has 1 saturated heterocycles. The maximum absolute atomic E-state index is 10.1. The zero-order valence-corrected chi connectivity index (χ0v) is 8.55. The largest absolute Gasteiger partial charge is 0.234 e. The van der Waals surface area contributed by atoms with E-state index in [0.29, 0.717) is 5.92 Å². The first-order valence-corrected chi connectivity index (χ1v) is 6.18. The topological polar surface area (TPSA) is 29.4 Å². The average molecular weight is 197 g/mol. The minimum Gasteiger partial charge on any atom is -0.211 e. The highest BCUT2D eigenvalue weighted by Crippen LogP contribution is 2.42. The third-order valence-electron chi connectivity index (χ3n) is 3.39. The van der Waals surface area contributed by atoms with E-state index in [2.05, 4.69) is 16.8 Å². The molecule has 2 unspecified atom stereocenters. The van der Waals surface area contributed by atoms with Gasteiger partial charge in [0, 0.05) is 0 Å². The molecule has 0 amide bonds. The molecule has 72 valence electrons. The predicted molar refractivity (Wildman–Crippen MR) is 54.6 cm³/mol. The van der Waals surface area contributed by atoms with E-state index in [1.807, 2.05) is 0 Å². The Kier molecular flexibility index (Phi) is 3.07. The molecule has 0 radical (unpaired) electrons. The van der Waals surface area contributed by atoms with Gasteiger partial charge in [-0.1, -0.05) is 6.42 Å². The first kappa shape index (κ1) is 9.29. The van der Waals surface area contributed by atoms with Crippen molar-refractivity contribution in [2.75, 3.05) is 18.1 Å². The van der Waals surface area contributed by atoms with Gasteiger partial charge in [0.05, 0.1) is 6.54 Å². The van der Waals surface area contributed by atoms with Gasteiger partial charge in [-0.25, -0.2) is 9.79 Å². The van der Waals surface area contributed by atoms with Crippen molar-refractivity contribution < 1.29 is 4.79 Å². The van der Waals surface area contributed by atoms with Crippen LogP contribution in [0.1, 0.15) is 19.3 Å². The van der Waals surface area contributed by atoms with Crippen molar-refractivity contribution in [2.45, 2.75) is 19.3 Å². The summed E-state index contributed by atoms with van der Waals surface area (Å²) in [4.78, 5) is 13.8. The van der Waals surface area contributed by atoms with Crippen LogP contribution in [0.4, 0.5) is 0 Å². The minimum atomic E-state index is 0.691. The van der Waals surface area contributed by atoms with Gasteiger partial charge in [-0.2, -0.15) is 11.8 Å². The van der Waals surface area contributed by atoms with Crippen molar-refractivity contribution in [1.29, 1.82) is 0 Å². The molecule has 2 aliphatic rings. The van der Waals surface area contributed by atoms with Gasteiger partial charge in [0.1, 0.15) is 0 Å². The highest BCUT2D eigenvalue weighted by Gasteiger charge is 2.36. The maximum atomic E-state index is 10.1. The summed E-state index contributed by atoms with van der Waals surface area (Å²) in [5, 5.41) is 0. The summed E-state index contributed by atoms with van der Waals surface area (Å²) in [5.74, 6) is 4.92. The molecule has 3 heteroatoms. The molecule has 13 heavy (non-hydrogen) atoms. The molecule has 1 aliphatic carbocycles. The molecule has 0 aromatic heterocycles. The number of hydrogen-bond donors (Lipinski definition) is 0. The van der Waals surface area contributed by atoms with Gasteiger partial charge in [0.25, 0.3) is 0 Å². The summed E-state index contributed by atoms with van der Waals surface area (Å²) in [6, 6.07) is 0. The lowest BCUT2D eigenvalue weighted by Gasteiger charge is -2.41. The summed E-state index contributed by atoms with van der Waals surface area (Å²) in [6.07, 6.45) is 5.76. The first-order chi connectivity index (χ1) is 6.42. The molecular weight excluding hydrogens is 182 g/mol. The maximum Gasteiger partial charge on any atom is 0.234 e. The highest BCUT2D eigenvalue weighted by molar-refractivity contribution is 7.99. The lowest BCUT2D eigenvalue weighted by molar-refractivity contribution is 0.185. The van der Waals surface area contributed by atoms with E-state index in [1.54, 1.807) is 6.08 Å². The van der Waals surface area contributed by atoms with Crippen LogP contribution in [0.25, 0.3) is 0 Å². The number of thioether (sulfide) groups is 1. The Morgan fingerprint density at radius 1 is 1.31 bits per heavy atom. The van der Waals surface area contributed by atoms with Crippen LogP contribution in [0.3, 0.4) is 0 Å². The van der Waals surface area contributed by atoms with E-state index in [1.165, 1.54) is 30.8 Å². The van der Waals surface area contributed by atoms with Crippen LogP contribution in [0.5, 0.6) is 0 Å². The molecule has 0 aromatic carbocycles. The number of fused-ring (bicyclic) bond motifs is 2. The van der Waals surface area contributed by atoms with E-state index in [-0.39, 0.29) is 0 Å². The summed E-state index contributed by atoms with van der Waals surface area (Å²) < 4.78 is 0. The molecule has 2 nitrogen and oxygen atoms in total. The molecule has 1 heterocycles. The Bertz CT molecular complexity index is 203. The fraction of sp³-hybridized carbons (Fsp3) is 0.900. The monoisotopic (exact) mass is 197 g/mol. The Labute approximate surface area is 83.2 Å². The molecule has 2 bridgehead atoms. The summed E-state index contributed by atoms with van der Waals surface area (Å²) in [6.45, 7) is 0.736. The van der Waals surface area contributed by atoms with Crippen molar-refractivity contribution in [1.82, 2.24) is 0 Å². The molecule has 2 rings (SSSR count). The Balaban J connectivity index is 2.01. The second kappa shape index (κ2) is 4.30. The number of rotatable bonds is 2. The van der Waals surface area contributed by atoms with Crippen molar-refractivity contribution in [3.05, 3.63) is 0 Å². The normalized spacial score (nSPS) is 38.0. The molecule has 1 saturated carbocycles. The molecule has 0 N–H and O–H groups in total. The van der Waals surface area contributed by atoms with Gasteiger partial charge in [-0.3, -0.25) is 0 Å². The van der Waals surface area contributed by atoms with Crippen molar-refractivity contribution in [3.63, 3.8) is 0 Å². The minimum absolute atomic E-state index is 0.691. The average Bonchev–Trinajstić information content (AvgIpc) is 2.14. The van der Waals surface area contributed by atoms with Crippen molar-refractivity contribution in [3.8, 4) is 0 Å². The van der Waals surface area contributed by atoms with E-state index in [4.69, 9.17) is 0 Å². The standard InChI is InChI=1S/C10H15NOS/c12-7-11-4-10-8-2-1-3-9(10)6-13-5-8/h8-10H,1-6H2. The number of carbonyl (C=O) groups excluding carboxylic acids is 1. The zero-order valence-electron chi connectivity index (χ0n) is 7.74. The SMILES string of the molecule is O=C=NCC1C2CCCC1CSC2. The Morgan fingerprint density at radius 2 is 2.00 bits per heavy atom. The molecule has 2 fully saturated rings. The second-order valence-electron chi connectivity index (χ2n) is 4.08. The van der Waals surface area contributed by atoms with E-state index < -0.39 is 0 Å². The molecule has 2 atom stereocenters. The first-order valence-electron chi connectivity index (χ1n) is 5.03. The third kappa shape index (κ3) is 1.97. The Hall–Kier alpha value is -0.270. The van der Waals surface area contributed by atoms with Crippen LogP contribution < -0.4 is 0 Å². The second-order valence-corrected chi connectivity index (χ2v) is 5.16. The number of isocyanates is 1. The number of aliphatic imine (C=N–C) groups is 1. The summed E-state index contributed by atoms with van der Waals surface area (Å²) >= 11 is 2.08. The van der Waals surface area contributed by atoms with Gasteiger partial charge in [-0.05, 0) is 42.1 Å². The van der Waals surface area contributed by atoms with Gasteiger partial charge in [0.15, 0.2) is 0 Å². The molecular formula is C10H15NOS. The molecule has 1 aliphatic heterocycles. The van der Waals surface area contributed by atoms with Crippen molar-refractivity contribution in [2.24, 2.45) is 22.7 Å². The van der Waals surface area contributed by atoms with Crippen LogP contribution in [0.2, 0.25) is 0 Å². The lowest BCUT2D eigenvalue weighted by Crippen LogP contribution is -2.37. The van der Waals surface area contributed by atoms with Crippen LogP contribution in [-0.4, -0.2) is 24.1 Å². The van der Waals surface area contributed by atoms with E-state index >= 15 is 0 Å². The van der Waals surface area contributed by atoms with Gasteiger partial charge in [0.2, 0.25) is 6.08 Å². The van der Waals surface area contributed by atoms with Gasteiger partial charge in [-0.15, -0.1) is 0 Å². The van der Waals surface area contributed by atoms with E-state index in [0.717, 1.165) is 18.4 Å². The number of hydrogen-bond acceptors (Lipinski definition) is 3. The van der Waals surface area contributed by atoms with Gasteiger partial charge >= 0.3 is 0 Å². The molecule has 0 spiro atoms. The summed E-state index contributed by atoms with van der Waals surface area (Å²) in [5.41, 5.74) is 0. The third-order valence-corrected chi connectivity index (χ3v) is 4.72. The zero-order chi connectivity index (χ0) is 9.10. The van der Waals surface area contributed by atoms with Crippen LogP contribution in [0.15, 0.2) is 4.99 Å². The highest BCUT2D eigenvalue weighted by atomic mass is 32.2. The predicted octanol–water partition coefficient (Wildman–Crippen LogP) is 2.10. The molecule has 0 aromatic rings. The lowest BCUT2D eigenvalue weighted by atomic mass is 9.73. The Morgan fingerprint density at radius 3 is 2.62 bits per heavy atom. The van der Waals surface area contributed by atoms with Crippen LogP contribution in [-0.2, 0) is 4.79 Å². The smallest absolute Gasteiger partial charge is 0.211 e. The fourth-order valence-electron chi connectivity index (χ4n) is 2.68.